The first-order valence-electron chi connectivity index (χ1n) is 6.50. The van der Waals surface area contributed by atoms with E-state index in [1.807, 2.05) is 19.0 Å². The molecule has 0 bridgehead atoms. The maximum Gasteiger partial charge on any atom is 0.157 e. The molecule has 0 heterocycles. The molecule has 0 saturated heterocycles. The zero-order valence-corrected chi connectivity index (χ0v) is 11.1. The molecule has 1 saturated carbocycles. The van der Waals surface area contributed by atoms with Crippen LogP contribution in [0.15, 0.2) is 24.3 Å². The Hall–Kier alpha value is -1.22. The van der Waals surface area contributed by atoms with Gasteiger partial charge in [0.2, 0.25) is 0 Å². The third-order valence-electron chi connectivity index (χ3n) is 4.11. The van der Waals surface area contributed by atoms with Crippen molar-refractivity contribution in [3.05, 3.63) is 35.6 Å². The second kappa shape index (κ2) is 5.19. The Morgan fingerprint density at radius 3 is 2.44 bits per heavy atom. The fourth-order valence-corrected chi connectivity index (χ4v) is 2.91. The lowest BCUT2D eigenvalue weighted by Gasteiger charge is -2.34. The van der Waals surface area contributed by atoms with E-state index >= 15 is 0 Å². The first-order chi connectivity index (χ1) is 8.56. The molecular formula is C15H20FNO. The average molecular weight is 249 g/mol. The van der Waals surface area contributed by atoms with Gasteiger partial charge in [-0.1, -0.05) is 31.0 Å². The highest BCUT2D eigenvalue weighted by molar-refractivity contribution is 5.90. The Bertz CT molecular complexity index is 436. The van der Waals surface area contributed by atoms with Crippen molar-refractivity contribution in [3.63, 3.8) is 0 Å². The minimum Gasteiger partial charge on any atom is -0.297 e. The Morgan fingerprint density at radius 2 is 1.89 bits per heavy atom. The molecule has 0 spiro atoms. The highest BCUT2D eigenvalue weighted by Crippen LogP contribution is 2.35. The standard InChI is InChI=1S/C15H20FNO/c1-17(2)15(9-5-6-10-15)14(18)11-12-7-3-4-8-13(12)16/h3-4,7-8H,5-6,9-11H2,1-2H3. The zero-order chi connectivity index (χ0) is 13.2. The minimum atomic E-state index is -0.373. The summed E-state index contributed by atoms with van der Waals surface area (Å²) >= 11 is 0. The van der Waals surface area contributed by atoms with Gasteiger partial charge in [-0.2, -0.15) is 0 Å². The fourth-order valence-electron chi connectivity index (χ4n) is 2.91. The summed E-state index contributed by atoms with van der Waals surface area (Å²) in [4.78, 5) is 14.5. The topological polar surface area (TPSA) is 20.3 Å². The van der Waals surface area contributed by atoms with Gasteiger partial charge in [0.15, 0.2) is 5.78 Å². The summed E-state index contributed by atoms with van der Waals surface area (Å²) in [6.45, 7) is 0. The number of Topliss-reactive ketones (excluding diaryl/α,β-unsaturated/α-hetero) is 1. The molecule has 0 aliphatic heterocycles. The molecule has 18 heavy (non-hydrogen) atoms. The molecule has 3 heteroatoms. The third kappa shape index (κ3) is 2.32. The predicted octanol–water partition coefficient (Wildman–Crippen LogP) is 2.81. The van der Waals surface area contributed by atoms with Gasteiger partial charge in [-0.3, -0.25) is 9.69 Å². The Balaban J connectivity index is 2.19. The summed E-state index contributed by atoms with van der Waals surface area (Å²) in [6, 6.07) is 6.55. The van der Waals surface area contributed by atoms with E-state index < -0.39 is 0 Å². The molecule has 1 aromatic rings. The summed E-state index contributed by atoms with van der Waals surface area (Å²) in [7, 11) is 3.90. The second-order valence-electron chi connectivity index (χ2n) is 5.32. The molecule has 0 atom stereocenters. The van der Waals surface area contributed by atoms with Crippen molar-refractivity contribution < 1.29 is 9.18 Å². The van der Waals surface area contributed by atoms with Crippen molar-refractivity contribution in [1.29, 1.82) is 0 Å². The lowest BCUT2D eigenvalue weighted by molar-refractivity contribution is -0.128. The van der Waals surface area contributed by atoms with Crippen molar-refractivity contribution in [1.82, 2.24) is 4.90 Å². The third-order valence-corrected chi connectivity index (χ3v) is 4.11. The molecule has 0 N–H and O–H groups in total. The number of hydrogen-bond acceptors (Lipinski definition) is 2. The Morgan fingerprint density at radius 1 is 1.28 bits per heavy atom. The Labute approximate surface area is 108 Å². The average Bonchev–Trinajstić information content (AvgIpc) is 2.82. The number of halogens is 1. The first-order valence-corrected chi connectivity index (χ1v) is 6.50. The van der Waals surface area contributed by atoms with Crippen molar-refractivity contribution in [2.75, 3.05) is 14.1 Å². The van der Waals surface area contributed by atoms with E-state index in [2.05, 4.69) is 0 Å². The van der Waals surface area contributed by atoms with Gasteiger partial charge >= 0.3 is 0 Å². The quantitative estimate of drug-likeness (QED) is 0.818. The van der Waals surface area contributed by atoms with E-state index in [-0.39, 0.29) is 23.6 Å². The molecule has 1 aromatic carbocycles. The van der Waals surface area contributed by atoms with Gasteiger partial charge in [0.05, 0.1) is 5.54 Å². The van der Waals surface area contributed by atoms with Crippen LogP contribution in [0.5, 0.6) is 0 Å². The number of carbonyl (C=O) groups is 1. The summed E-state index contributed by atoms with van der Waals surface area (Å²) < 4.78 is 13.6. The first kappa shape index (κ1) is 13.2. The molecule has 2 rings (SSSR count). The molecule has 1 fully saturated rings. The summed E-state index contributed by atoms with van der Waals surface area (Å²) in [5, 5.41) is 0. The van der Waals surface area contributed by atoms with Gasteiger partial charge < -0.3 is 0 Å². The van der Waals surface area contributed by atoms with Crippen LogP contribution in [0.1, 0.15) is 31.2 Å². The number of ketones is 1. The van der Waals surface area contributed by atoms with Crippen LogP contribution in [0.4, 0.5) is 4.39 Å². The summed E-state index contributed by atoms with van der Waals surface area (Å²) in [6.07, 6.45) is 4.16. The lowest BCUT2D eigenvalue weighted by atomic mass is 9.87. The van der Waals surface area contributed by atoms with Gasteiger partial charge in [-0.15, -0.1) is 0 Å². The van der Waals surface area contributed by atoms with Gasteiger partial charge in [0, 0.05) is 6.42 Å². The smallest absolute Gasteiger partial charge is 0.157 e. The van der Waals surface area contributed by atoms with Gasteiger partial charge in [0.25, 0.3) is 0 Å². The molecule has 0 amide bonds. The van der Waals surface area contributed by atoms with Gasteiger partial charge in [-0.05, 0) is 38.6 Å². The monoisotopic (exact) mass is 249 g/mol. The summed E-state index contributed by atoms with van der Waals surface area (Å²) in [5.41, 5.74) is 0.137. The van der Waals surface area contributed by atoms with Crippen LogP contribution in [0, 0.1) is 5.82 Å². The van der Waals surface area contributed by atoms with Crippen LogP contribution < -0.4 is 0 Å². The zero-order valence-electron chi connectivity index (χ0n) is 11.1. The number of benzene rings is 1. The van der Waals surface area contributed by atoms with E-state index in [1.165, 1.54) is 6.07 Å². The second-order valence-corrected chi connectivity index (χ2v) is 5.32. The van der Waals surface area contributed by atoms with Crippen LogP contribution in [-0.4, -0.2) is 30.3 Å². The molecule has 2 nitrogen and oxygen atoms in total. The van der Waals surface area contributed by atoms with Crippen LogP contribution in [0.3, 0.4) is 0 Å². The van der Waals surface area contributed by atoms with Crippen molar-refractivity contribution in [2.24, 2.45) is 0 Å². The van der Waals surface area contributed by atoms with Crippen molar-refractivity contribution >= 4 is 5.78 Å². The molecule has 0 unspecified atom stereocenters. The van der Waals surface area contributed by atoms with Crippen LogP contribution in [-0.2, 0) is 11.2 Å². The van der Waals surface area contributed by atoms with Gasteiger partial charge in [-0.25, -0.2) is 4.39 Å². The van der Waals surface area contributed by atoms with E-state index in [1.54, 1.807) is 18.2 Å². The molecule has 0 aromatic heterocycles. The van der Waals surface area contributed by atoms with Crippen molar-refractivity contribution in [2.45, 2.75) is 37.6 Å². The Kier molecular flexibility index (Phi) is 3.81. The highest BCUT2D eigenvalue weighted by Gasteiger charge is 2.42. The molecular weight excluding hydrogens is 229 g/mol. The number of rotatable bonds is 4. The largest absolute Gasteiger partial charge is 0.297 e. The molecule has 1 aliphatic rings. The normalized spacial score (nSPS) is 18.2. The minimum absolute atomic E-state index is 0.148. The maximum atomic E-state index is 13.6. The SMILES string of the molecule is CN(C)C1(C(=O)Cc2ccccc2F)CCCC1. The van der Waals surface area contributed by atoms with Crippen LogP contribution in [0.2, 0.25) is 0 Å². The van der Waals surface area contributed by atoms with E-state index in [4.69, 9.17) is 0 Å². The van der Waals surface area contributed by atoms with Crippen LogP contribution in [0.25, 0.3) is 0 Å². The lowest BCUT2D eigenvalue weighted by Crippen LogP contribution is -2.49. The fraction of sp³-hybridized carbons (Fsp3) is 0.533. The number of carbonyl (C=O) groups excluding carboxylic acids is 1. The molecule has 98 valence electrons. The van der Waals surface area contributed by atoms with E-state index in [9.17, 15) is 9.18 Å². The van der Waals surface area contributed by atoms with E-state index in [0.717, 1.165) is 25.7 Å². The molecule has 1 aliphatic carbocycles. The van der Waals surface area contributed by atoms with Crippen LogP contribution >= 0.6 is 0 Å². The highest BCUT2D eigenvalue weighted by atomic mass is 19.1. The van der Waals surface area contributed by atoms with E-state index in [0.29, 0.717) is 5.56 Å². The van der Waals surface area contributed by atoms with Gasteiger partial charge in [0.1, 0.15) is 5.82 Å². The summed E-state index contributed by atoms with van der Waals surface area (Å²) in [5.74, 6) is -0.132. The number of likely N-dealkylation sites (N-methyl/N-ethyl adjacent to an activating group) is 1. The predicted molar refractivity (Wildman–Crippen MR) is 70.0 cm³/mol. The number of hydrogen-bond donors (Lipinski definition) is 0. The number of nitrogens with zero attached hydrogens (tertiary/aromatic N) is 1. The molecule has 0 radical (unpaired) electrons. The van der Waals surface area contributed by atoms with Crippen molar-refractivity contribution in [3.8, 4) is 0 Å². The maximum absolute atomic E-state index is 13.6.